The number of rotatable bonds is 7. The third-order valence-corrected chi connectivity index (χ3v) is 5.06. The first kappa shape index (κ1) is 18.7. The maximum absolute atomic E-state index is 12.0. The van der Waals surface area contributed by atoms with Crippen LogP contribution < -0.4 is 9.47 Å². The van der Waals surface area contributed by atoms with Crippen LogP contribution in [-0.4, -0.2) is 37.4 Å². The van der Waals surface area contributed by atoms with Crippen molar-refractivity contribution in [3.8, 4) is 11.5 Å². The Morgan fingerprint density at radius 1 is 1.38 bits per heavy atom. The number of hydrogen-bond donors (Lipinski definition) is 1. The second-order valence-electron chi connectivity index (χ2n) is 5.91. The number of hydrogen-bond acceptors (Lipinski definition) is 5. The summed E-state index contributed by atoms with van der Waals surface area (Å²) >= 11 is 5.96. The summed E-state index contributed by atoms with van der Waals surface area (Å²) in [6, 6.07) is 5.04. The van der Waals surface area contributed by atoms with Crippen LogP contribution in [0.1, 0.15) is 36.1 Å². The van der Waals surface area contributed by atoms with Crippen molar-refractivity contribution in [3.63, 3.8) is 0 Å². The molecule has 7 nitrogen and oxygen atoms in total. The Morgan fingerprint density at radius 2 is 2.12 bits per heavy atom. The second kappa shape index (κ2) is 7.67. The van der Waals surface area contributed by atoms with Crippen LogP contribution >= 0.6 is 11.6 Å². The highest BCUT2D eigenvalue weighted by atomic mass is 35.5. The van der Waals surface area contributed by atoms with Crippen molar-refractivity contribution in [3.05, 3.63) is 34.7 Å². The van der Waals surface area contributed by atoms with Gasteiger partial charge in [0.1, 0.15) is 5.82 Å². The summed E-state index contributed by atoms with van der Waals surface area (Å²) in [7, 11) is -1.51. The third-order valence-electron chi connectivity index (χ3n) is 4.00. The predicted octanol–water partition coefficient (Wildman–Crippen LogP) is 3.11. The Bertz CT molecular complexity index is 867. The number of halogens is 1. The van der Waals surface area contributed by atoms with Crippen molar-refractivity contribution in [1.29, 1.82) is 0 Å². The topological polar surface area (TPSA) is 90.7 Å². The van der Waals surface area contributed by atoms with Crippen LogP contribution in [-0.2, 0) is 23.8 Å². The molecular weight excluding hydrogens is 380 g/mol. The summed E-state index contributed by atoms with van der Waals surface area (Å²) in [6.07, 6.45) is 3.06. The molecule has 0 saturated carbocycles. The summed E-state index contributed by atoms with van der Waals surface area (Å²) in [5.74, 6) is 0.444. The first-order valence-corrected chi connectivity index (χ1v) is 10.1. The monoisotopic (exact) mass is 398 g/mol. The average molecular weight is 399 g/mol. The van der Waals surface area contributed by atoms with E-state index in [1.54, 1.807) is 18.2 Å². The molecule has 0 radical (unpaired) electrons. The molecule has 26 heavy (non-hydrogen) atoms. The highest BCUT2D eigenvalue weighted by Gasteiger charge is 2.30. The molecule has 0 amide bonds. The van der Waals surface area contributed by atoms with E-state index in [9.17, 15) is 14.1 Å². The standard InChI is InChI=1S/C17H19ClN2O5S/c1-3-4-5-13-19-16(26(2)23)15(17(21)22)20(13)9-14-24-11-7-6-10(18)8-12(11)25-14/h6-8,14H,3-5,9H2,1-2H3,(H,21,22). The van der Waals surface area contributed by atoms with E-state index < -0.39 is 23.1 Å². The fourth-order valence-electron chi connectivity index (χ4n) is 2.81. The molecule has 0 aliphatic carbocycles. The maximum atomic E-state index is 12.0. The van der Waals surface area contributed by atoms with Crippen LogP contribution in [0.4, 0.5) is 0 Å². The van der Waals surface area contributed by atoms with Crippen LogP contribution in [0.25, 0.3) is 0 Å². The minimum absolute atomic E-state index is 0.0714. The molecule has 0 fully saturated rings. The van der Waals surface area contributed by atoms with E-state index in [1.807, 2.05) is 6.92 Å². The number of fused-ring (bicyclic) bond motifs is 1. The highest BCUT2D eigenvalue weighted by molar-refractivity contribution is 7.84. The molecule has 0 spiro atoms. The maximum Gasteiger partial charge on any atom is 0.355 e. The summed E-state index contributed by atoms with van der Waals surface area (Å²) in [6.45, 7) is 2.16. The number of aromatic nitrogens is 2. The summed E-state index contributed by atoms with van der Waals surface area (Å²) in [5, 5.41) is 10.2. The van der Waals surface area contributed by atoms with E-state index in [2.05, 4.69) is 4.98 Å². The molecule has 2 unspecified atom stereocenters. The minimum atomic E-state index is -1.51. The van der Waals surface area contributed by atoms with Gasteiger partial charge in [-0.25, -0.2) is 9.78 Å². The van der Waals surface area contributed by atoms with Gasteiger partial charge in [-0.1, -0.05) is 24.9 Å². The van der Waals surface area contributed by atoms with Gasteiger partial charge in [0.25, 0.3) is 6.29 Å². The molecule has 2 heterocycles. The molecule has 1 aromatic heterocycles. The normalized spacial score (nSPS) is 16.7. The number of benzene rings is 1. The van der Waals surface area contributed by atoms with Gasteiger partial charge in [0.15, 0.2) is 22.2 Å². The van der Waals surface area contributed by atoms with Crippen molar-refractivity contribution in [2.45, 2.75) is 44.0 Å². The Balaban J connectivity index is 1.93. The number of ether oxygens (including phenoxy) is 2. The SMILES string of the molecule is CCCCc1nc(S(C)=O)c(C(=O)O)n1CC1Oc2ccc(Cl)cc2O1. The second-order valence-corrected chi connectivity index (χ2v) is 7.64. The van der Waals surface area contributed by atoms with Crippen molar-refractivity contribution >= 4 is 28.4 Å². The van der Waals surface area contributed by atoms with E-state index in [4.69, 9.17) is 21.1 Å². The molecule has 1 aliphatic heterocycles. The zero-order valence-electron chi connectivity index (χ0n) is 14.4. The van der Waals surface area contributed by atoms with Crippen molar-refractivity contribution in [2.24, 2.45) is 0 Å². The van der Waals surface area contributed by atoms with E-state index in [1.165, 1.54) is 10.8 Å². The number of nitrogens with zero attached hydrogens (tertiary/aromatic N) is 2. The third kappa shape index (κ3) is 3.71. The molecule has 2 aromatic rings. The predicted molar refractivity (Wildman–Crippen MR) is 96.6 cm³/mol. The van der Waals surface area contributed by atoms with E-state index in [-0.39, 0.29) is 17.3 Å². The van der Waals surface area contributed by atoms with Gasteiger partial charge in [-0.15, -0.1) is 0 Å². The highest BCUT2D eigenvalue weighted by Crippen LogP contribution is 2.37. The van der Waals surface area contributed by atoms with E-state index in [0.29, 0.717) is 28.8 Å². The molecule has 140 valence electrons. The molecule has 0 bridgehead atoms. The molecule has 9 heteroatoms. The van der Waals surface area contributed by atoms with Gasteiger partial charge < -0.3 is 19.1 Å². The van der Waals surface area contributed by atoms with Crippen LogP contribution in [0.3, 0.4) is 0 Å². The van der Waals surface area contributed by atoms with Crippen molar-refractivity contribution in [2.75, 3.05) is 6.26 Å². The fraction of sp³-hybridized carbons (Fsp3) is 0.412. The fourth-order valence-corrected chi connectivity index (χ4v) is 3.67. The zero-order chi connectivity index (χ0) is 18.8. The Hall–Kier alpha value is -2.06. The molecule has 3 rings (SSSR count). The lowest BCUT2D eigenvalue weighted by Crippen LogP contribution is -2.28. The number of unbranched alkanes of at least 4 members (excludes halogenated alkanes) is 1. The van der Waals surface area contributed by atoms with Crippen LogP contribution in [0, 0.1) is 0 Å². The molecule has 0 saturated heterocycles. The Kier molecular flexibility index (Phi) is 5.52. The summed E-state index contributed by atoms with van der Waals surface area (Å²) in [5.41, 5.74) is -0.0851. The number of carbonyl (C=O) groups is 1. The lowest BCUT2D eigenvalue weighted by Gasteiger charge is -2.15. The summed E-state index contributed by atoms with van der Waals surface area (Å²) < 4.78 is 25.0. The lowest BCUT2D eigenvalue weighted by molar-refractivity contribution is 0.0316. The number of carboxylic acid groups (broad SMARTS) is 1. The van der Waals surface area contributed by atoms with Gasteiger partial charge in [0.2, 0.25) is 0 Å². The van der Waals surface area contributed by atoms with Crippen LogP contribution in [0.15, 0.2) is 23.2 Å². The largest absolute Gasteiger partial charge is 0.476 e. The molecular formula is C17H19ClN2O5S. The number of carboxylic acids is 1. The van der Waals surface area contributed by atoms with Crippen molar-refractivity contribution in [1.82, 2.24) is 9.55 Å². The minimum Gasteiger partial charge on any atom is -0.476 e. The van der Waals surface area contributed by atoms with Gasteiger partial charge in [-0.2, -0.15) is 0 Å². The zero-order valence-corrected chi connectivity index (χ0v) is 16.0. The van der Waals surface area contributed by atoms with Gasteiger partial charge in [0, 0.05) is 23.8 Å². The first-order valence-electron chi connectivity index (χ1n) is 8.19. The van der Waals surface area contributed by atoms with Gasteiger partial charge in [-0.3, -0.25) is 4.21 Å². The van der Waals surface area contributed by atoms with Gasteiger partial charge >= 0.3 is 5.97 Å². The quantitative estimate of drug-likeness (QED) is 0.770. The van der Waals surface area contributed by atoms with Crippen LogP contribution in [0.2, 0.25) is 5.02 Å². The average Bonchev–Trinajstić information content (AvgIpc) is 3.13. The molecule has 1 aliphatic rings. The molecule has 1 N–H and O–H groups in total. The molecule has 1 aromatic carbocycles. The van der Waals surface area contributed by atoms with Gasteiger partial charge in [-0.05, 0) is 18.6 Å². The first-order chi connectivity index (χ1) is 12.4. The Morgan fingerprint density at radius 3 is 2.77 bits per heavy atom. The van der Waals surface area contributed by atoms with Crippen molar-refractivity contribution < 1.29 is 23.6 Å². The van der Waals surface area contributed by atoms with Gasteiger partial charge in [0.05, 0.1) is 17.3 Å². The number of aryl methyl sites for hydroxylation is 1. The summed E-state index contributed by atoms with van der Waals surface area (Å²) in [4.78, 5) is 16.1. The number of aromatic carboxylic acids is 1. The number of imidazole rings is 1. The lowest BCUT2D eigenvalue weighted by atomic mass is 10.2. The smallest absolute Gasteiger partial charge is 0.355 e. The Labute approximate surface area is 158 Å². The molecule has 2 atom stereocenters. The van der Waals surface area contributed by atoms with E-state index in [0.717, 1.165) is 12.8 Å². The van der Waals surface area contributed by atoms with Crippen LogP contribution in [0.5, 0.6) is 11.5 Å². The van der Waals surface area contributed by atoms with E-state index >= 15 is 0 Å².